The smallest absolute Gasteiger partial charge is 0.291 e. The van der Waals surface area contributed by atoms with Crippen molar-refractivity contribution in [1.82, 2.24) is 0 Å². The Balaban J connectivity index is 2.33. The van der Waals surface area contributed by atoms with Crippen LogP contribution in [-0.4, -0.2) is 11.0 Å². The van der Waals surface area contributed by atoms with Gasteiger partial charge in [-0.05, 0) is 18.2 Å². The summed E-state index contributed by atoms with van der Waals surface area (Å²) in [6.45, 7) is 0. The first kappa shape index (κ1) is 13.1. The summed E-state index contributed by atoms with van der Waals surface area (Å²) >= 11 is 17.4. The number of carbonyl (C=O) groups is 1. The molecule has 2 rings (SSSR count). The Hall–Kier alpha value is -1.36. The maximum Gasteiger partial charge on any atom is 0.291 e. The van der Waals surface area contributed by atoms with Gasteiger partial charge < -0.3 is 14.8 Å². The van der Waals surface area contributed by atoms with E-state index in [2.05, 4.69) is 5.32 Å². The SMILES string of the molecule is O=C(Nc1cc(Cl)c(O)c(Cl)c1Cl)c1ccco1. The van der Waals surface area contributed by atoms with Gasteiger partial charge in [-0.2, -0.15) is 0 Å². The van der Waals surface area contributed by atoms with Crippen LogP contribution in [0.1, 0.15) is 10.6 Å². The monoisotopic (exact) mass is 305 g/mol. The second kappa shape index (κ2) is 5.10. The van der Waals surface area contributed by atoms with Gasteiger partial charge in [0.25, 0.3) is 5.91 Å². The summed E-state index contributed by atoms with van der Waals surface area (Å²) in [6, 6.07) is 4.37. The Morgan fingerprint density at radius 3 is 2.61 bits per heavy atom. The number of hydrogen-bond acceptors (Lipinski definition) is 3. The Labute approximate surface area is 117 Å². The zero-order chi connectivity index (χ0) is 13.3. The third-order valence-corrected chi connectivity index (χ3v) is 3.27. The molecule has 2 N–H and O–H groups in total. The van der Waals surface area contributed by atoms with E-state index < -0.39 is 5.91 Å². The average Bonchev–Trinajstić information content (AvgIpc) is 2.87. The van der Waals surface area contributed by atoms with Gasteiger partial charge in [-0.3, -0.25) is 4.79 Å². The molecule has 0 unspecified atom stereocenters. The highest BCUT2D eigenvalue weighted by Gasteiger charge is 2.17. The molecule has 0 spiro atoms. The minimum Gasteiger partial charge on any atom is -0.505 e. The molecule has 0 radical (unpaired) electrons. The number of furan rings is 1. The van der Waals surface area contributed by atoms with Gasteiger partial charge in [-0.15, -0.1) is 0 Å². The minimum atomic E-state index is -0.500. The first-order chi connectivity index (χ1) is 8.50. The molecule has 0 saturated heterocycles. The molecule has 1 aromatic carbocycles. The molecule has 94 valence electrons. The standard InChI is InChI=1S/C11H6Cl3NO3/c12-5-4-6(8(13)9(14)10(5)16)15-11(17)7-2-1-3-18-7/h1-4,16H,(H,15,17). The van der Waals surface area contributed by atoms with Crippen molar-refractivity contribution in [3.63, 3.8) is 0 Å². The van der Waals surface area contributed by atoms with Crippen molar-refractivity contribution in [3.05, 3.63) is 45.3 Å². The third-order valence-electron chi connectivity index (χ3n) is 2.13. The Kier molecular flexibility index (Phi) is 3.71. The highest BCUT2D eigenvalue weighted by atomic mass is 35.5. The van der Waals surface area contributed by atoms with Gasteiger partial charge >= 0.3 is 0 Å². The highest BCUT2D eigenvalue weighted by molar-refractivity contribution is 6.46. The maximum absolute atomic E-state index is 11.7. The van der Waals surface area contributed by atoms with E-state index in [0.29, 0.717) is 0 Å². The molecule has 1 heterocycles. The lowest BCUT2D eigenvalue weighted by Crippen LogP contribution is -2.11. The van der Waals surface area contributed by atoms with E-state index in [-0.39, 0.29) is 32.3 Å². The zero-order valence-corrected chi connectivity index (χ0v) is 11.0. The van der Waals surface area contributed by atoms with Crippen molar-refractivity contribution in [3.8, 4) is 5.75 Å². The van der Waals surface area contributed by atoms with E-state index in [9.17, 15) is 9.90 Å². The number of hydrogen-bond donors (Lipinski definition) is 2. The average molecular weight is 307 g/mol. The largest absolute Gasteiger partial charge is 0.505 e. The lowest BCUT2D eigenvalue weighted by molar-refractivity contribution is 0.0996. The van der Waals surface area contributed by atoms with E-state index in [1.807, 2.05) is 0 Å². The number of carbonyl (C=O) groups excluding carboxylic acids is 1. The third kappa shape index (κ3) is 2.41. The summed E-state index contributed by atoms with van der Waals surface area (Å²) in [5.41, 5.74) is 0.186. The van der Waals surface area contributed by atoms with E-state index in [1.165, 1.54) is 18.4 Å². The molecule has 0 saturated carbocycles. The van der Waals surface area contributed by atoms with Crippen LogP contribution in [0.15, 0.2) is 28.9 Å². The van der Waals surface area contributed by atoms with Crippen molar-refractivity contribution in [1.29, 1.82) is 0 Å². The van der Waals surface area contributed by atoms with Gasteiger partial charge in [-0.1, -0.05) is 34.8 Å². The molecular weight excluding hydrogens is 300 g/mol. The van der Waals surface area contributed by atoms with Crippen LogP contribution in [0, 0.1) is 0 Å². The summed E-state index contributed by atoms with van der Waals surface area (Å²) < 4.78 is 4.92. The first-order valence-electron chi connectivity index (χ1n) is 4.72. The minimum absolute atomic E-state index is 0.00141. The van der Waals surface area contributed by atoms with Gasteiger partial charge in [0.2, 0.25) is 0 Å². The summed E-state index contributed by atoms with van der Waals surface area (Å²) in [4.78, 5) is 11.7. The lowest BCUT2D eigenvalue weighted by Gasteiger charge is -2.09. The molecule has 2 aromatic rings. The van der Waals surface area contributed by atoms with Crippen LogP contribution in [0.4, 0.5) is 5.69 Å². The van der Waals surface area contributed by atoms with E-state index in [4.69, 9.17) is 39.2 Å². The molecule has 0 aliphatic heterocycles. The fraction of sp³-hybridized carbons (Fsp3) is 0. The second-order valence-corrected chi connectivity index (χ2v) is 4.48. The van der Waals surface area contributed by atoms with Crippen molar-refractivity contribution < 1.29 is 14.3 Å². The number of amides is 1. The fourth-order valence-electron chi connectivity index (χ4n) is 1.27. The topological polar surface area (TPSA) is 62.5 Å². The molecule has 0 bridgehead atoms. The molecule has 18 heavy (non-hydrogen) atoms. The van der Waals surface area contributed by atoms with Crippen molar-refractivity contribution in [2.24, 2.45) is 0 Å². The van der Waals surface area contributed by atoms with Crippen molar-refractivity contribution in [2.45, 2.75) is 0 Å². The van der Waals surface area contributed by atoms with E-state index >= 15 is 0 Å². The summed E-state index contributed by atoms with van der Waals surface area (Å²) in [5, 5.41) is 11.8. The predicted molar refractivity (Wildman–Crippen MR) is 69.8 cm³/mol. The quantitative estimate of drug-likeness (QED) is 0.645. The zero-order valence-electron chi connectivity index (χ0n) is 8.71. The molecule has 4 nitrogen and oxygen atoms in total. The van der Waals surface area contributed by atoms with E-state index in [1.54, 1.807) is 6.07 Å². The van der Waals surface area contributed by atoms with Crippen molar-refractivity contribution >= 4 is 46.4 Å². The van der Waals surface area contributed by atoms with Crippen LogP contribution in [0.3, 0.4) is 0 Å². The molecule has 0 aliphatic rings. The Bertz CT molecular complexity index is 596. The van der Waals surface area contributed by atoms with Crippen molar-refractivity contribution in [2.75, 3.05) is 5.32 Å². The van der Waals surface area contributed by atoms with Crippen LogP contribution >= 0.6 is 34.8 Å². The molecule has 1 amide bonds. The predicted octanol–water partition coefficient (Wildman–Crippen LogP) is 4.20. The molecule has 1 aromatic heterocycles. The number of nitrogens with one attached hydrogen (secondary N) is 1. The summed E-state index contributed by atoms with van der Waals surface area (Å²) in [7, 11) is 0. The second-order valence-electron chi connectivity index (χ2n) is 3.31. The van der Waals surface area contributed by atoms with E-state index in [0.717, 1.165) is 0 Å². The number of anilines is 1. The highest BCUT2D eigenvalue weighted by Crippen LogP contribution is 2.42. The van der Waals surface area contributed by atoms with Gasteiger partial charge in [-0.25, -0.2) is 0 Å². The molecule has 0 aliphatic carbocycles. The van der Waals surface area contributed by atoms with Crippen LogP contribution in [0.25, 0.3) is 0 Å². The van der Waals surface area contributed by atoms with Gasteiger partial charge in [0.1, 0.15) is 5.02 Å². The summed E-state index contributed by atoms with van der Waals surface area (Å²) in [5.74, 6) is -0.717. The fourth-order valence-corrected chi connectivity index (χ4v) is 1.91. The van der Waals surface area contributed by atoms with Gasteiger partial charge in [0.15, 0.2) is 11.5 Å². The normalized spacial score (nSPS) is 10.4. The van der Waals surface area contributed by atoms with Crippen LogP contribution in [-0.2, 0) is 0 Å². The molecular formula is C11H6Cl3NO3. The maximum atomic E-state index is 11.7. The van der Waals surface area contributed by atoms with Crippen LogP contribution in [0.2, 0.25) is 15.1 Å². The van der Waals surface area contributed by atoms with Crippen LogP contribution < -0.4 is 5.32 Å². The number of phenols is 1. The number of rotatable bonds is 2. The first-order valence-corrected chi connectivity index (χ1v) is 5.85. The summed E-state index contributed by atoms with van der Waals surface area (Å²) in [6.07, 6.45) is 1.37. The lowest BCUT2D eigenvalue weighted by atomic mass is 10.3. The molecule has 0 fully saturated rings. The van der Waals surface area contributed by atoms with Gasteiger partial charge in [0, 0.05) is 0 Å². The van der Waals surface area contributed by atoms with Gasteiger partial charge in [0.05, 0.1) is 22.0 Å². The number of aromatic hydroxyl groups is 1. The Morgan fingerprint density at radius 2 is 2.00 bits per heavy atom. The number of benzene rings is 1. The Morgan fingerprint density at radius 1 is 1.28 bits per heavy atom. The molecule has 7 heteroatoms. The number of halogens is 3. The molecule has 0 atom stereocenters. The number of phenolic OH excluding ortho intramolecular Hbond substituents is 1. The van der Waals surface area contributed by atoms with Crippen LogP contribution in [0.5, 0.6) is 5.75 Å².